The van der Waals surface area contributed by atoms with Gasteiger partial charge in [-0.15, -0.1) is 0 Å². The summed E-state index contributed by atoms with van der Waals surface area (Å²) in [6.07, 6.45) is 1.61. The highest BCUT2D eigenvalue weighted by Gasteiger charge is 2.13. The molecule has 1 aromatic carbocycles. The summed E-state index contributed by atoms with van der Waals surface area (Å²) in [6.45, 7) is 4.34. The van der Waals surface area contributed by atoms with E-state index in [1.807, 2.05) is 38.1 Å². The fraction of sp³-hybridized carbons (Fsp3) is 0.250. The van der Waals surface area contributed by atoms with Crippen molar-refractivity contribution in [1.29, 1.82) is 0 Å². The van der Waals surface area contributed by atoms with Gasteiger partial charge >= 0.3 is 0 Å². The third kappa shape index (κ3) is 3.22. The summed E-state index contributed by atoms with van der Waals surface area (Å²) in [5.74, 6) is -0.113. The number of aromatic nitrogens is 1. The number of benzene rings is 1. The first-order chi connectivity index (χ1) is 9.61. The number of rotatable bonds is 4. The quantitative estimate of drug-likeness (QED) is 0.895. The molecule has 1 amide bonds. The maximum Gasteiger partial charge on any atom is 0.251 e. The molecule has 0 fully saturated rings. The number of hydrogen-bond acceptors (Lipinski definition) is 3. The largest absolute Gasteiger partial charge is 0.346 e. The summed E-state index contributed by atoms with van der Waals surface area (Å²) in [5, 5.41) is 3.00. The molecule has 0 aliphatic heterocycles. The van der Waals surface area contributed by atoms with Crippen molar-refractivity contribution >= 4 is 5.91 Å². The molecule has 0 aliphatic carbocycles. The Kier molecular flexibility index (Phi) is 4.48. The van der Waals surface area contributed by atoms with E-state index in [1.54, 1.807) is 18.3 Å². The van der Waals surface area contributed by atoms with Crippen LogP contribution in [0.5, 0.6) is 0 Å². The monoisotopic (exact) mass is 269 g/mol. The molecule has 2 rings (SSSR count). The highest BCUT2D eigenvalue weighted by molar-refractivity contribution is 5.94. The number of aryl methyl sites for hydroxylation is 1. The minimum atomic E-state index is -0.113. The molecule has 3 N–H and O–H groups in total. The normalized spacial score (nSPS) is 11.9. The zero-order valence-electron chi connectivity index (χ0n) is 11.8. The Balaban J connectivity index is 2.13. The second-order valence-corrected chi connectivity index (χ2v) is 4.79. The van der Waals surface area contributed by atoms with E-state index in [4.69, 9.17) is 5.73 Å². The van der Waals surface area contributed by atoms with Crippen LogP contribution in [-0.4, -0.2) is 10.9 Å². The molecule has 0 unspecified atom stereocenters. The number of amides is 1. The van der Waals surface area contributed by atoms with Gasteiger partial charge in [-0.05, 0) is 37.1 Å². The smallest absolute Gasteiger partial charge is 0.251 e. The molecule has 1 atom stereocenters. The van der Waals surface area contributed by atoms with Gasteiger partial charge in [0.15, 0.2) is 0 Å². The number of nitrogens with two attached hydrogens (primary N) is 1. The number of carbonyl (C=O) groups is 1. The standard InChI is InChI=1S/C16H19N3O/c1-11-5-3-4-6-15(11)12(2)19-16(20)13-7-8-18-14(9-13)10-17/h3-9,12H,10,17H2,1-2H3,(H,19,20)/t12-/m1/s1. The van der Waals surface area contributed by atoms with Gasteiger partial charge in [0.25, 0.3) is 5.91 Å². The lowest BCUT2D eigenvalue weighted by Crippen LogP contribution is -2.27. The Bertz CT molecular complexity index is 610. The first-order valence-corrected chi connectivity index (χ1v) is 6.63. The predicted octanol–water partition coefficient (Wildman–Crippen LogP) is 2.34. The van der Waals surface area contributed by atoms with E-state index < -0.39 is 0 Å². The molecule has 4 heteroatoms. The van der Waals surface area contributed by atoms with Crippen LogP contribution in [0.4, 0.5) is 0 Å². The minimum absolute atomic E-state index is 0.0433. The number of hydrogen-bond donors (Lipinski definition) is 2. The molecule has 0 bridgehead atoms. The van der Waals surface area contributed by atoms with Crippen molar-refractivity contribution < 1.29 is 4.79 Å². The minimum Gasteiger partial charge on any atom is -0.346 e. The van der Waals surface area contributed by atoms with Crippen LogP contribution in [0, 0.1) is 6.92 Å². The van der Waals surface area contributed by atoms with Crippen LogP contribution >= 0.6 is 0 Å². The molecule has 2 aromatic rings. The zero-order valence-corrected chi connectivity index (χ0v) is 11.8. The molecule has 20 heavy (non-hydrogen) atoms. The number of pyridine rings is 1. The van der Waals surface area contributed by atoms with Gasteiger partial charge < -0.3 is 11.1 Å². The molecule has 0 saturated carbocycles. The average molecular weight is 269 g/mol. The lowest BCUT2D eigenvalue weighted by atomic mass is 10.0. The Hall–Kier alpha value is -2.20. The van der Waals surface area contributed by atoms with E-state index in [0.717, 1.165) is 11.1 Å². The number of nitrogens with zero attached hydrogens (tertiary/aromatic N) is 1. The summed E-state index contributed by atoms with van der Waals surface area (Å²) in [7, 11) is 0. The van der Waals surface area contributed by atoms with Crippen LogP contribution in [0.1, 0.15) is 40.1 Å². The van der Waals surface area contributed by atoms with E-state index in [9.17, 15) is 4.79 Å². The second-order valence-electron chi connectivity index (χ2n) is 4.79. The average Bonchev–Trinajstić information content (AvgIpc) is 2.47. The van der Waals surface area contributed by atoms with E-state index in [-0.39, 0.29) is 11.9 Å². The van der Waals surface area contributed by atoms with Crippen LogP contribution in [-0.2, 0) is 6.54 Å². The number of nitrogens with one attached hydrogen (secondary N) is 1. The fourth-order valence-corrected chi connectivity index (χ4v) is 2.16. The molecular formula is C16H19N3O. The number of carbonyl (C=O) groups excluding carboxylic acids is 1. The van der Waals surface area contributed by atoms with Gasteiger partial charge in [-0.1, -0.05) is 24.3 Å². The fourth-order valence-electron chi connectivity index (χ4n) is 2.16. The maximum absolute atomic E-state index is 12.2. The zero-order chi connectivity index (χ0) is 14.5. The highest BCUT2D eigenvalue weighted by atomic mass is 16.1. The molecule has 1 heterocycles. The SMILES string of the molecule is Cc1ccccc1[C@@H](C)NC(=O)c1ccnc(CN)c1. The van der Waals surface area contributed by atoms with E-state index in [1.165, 1.54) is 0 Å². The molecule has 104 valence electrons. The van der Waals surface area contributed by atoms with Gasteiger partial charge in [0.1, 0.15) is 0 Å². The Labute approximate surface area is 119 Å². The van der Waals surface area contributed by atoms with Crippen LogP contribution in [0.3, 0.4) is 0 Å². The summed E-state index contributed by atoms with van der Waals surface area (Å²) in [6, 6.07) is 11.4. The van der Waals surface area contributed by atoms with Gasteiger partial charge in [-0.25, -0.2) is 0 Å². The summed E-state index contributed by atoms with van der Waals surface area (Å²) >= 11 is 0. The van der Waals surface area contributed by atoms with Crippen molar-refractivity contribution in [2.45, 2.75) is 26.4 Å². The van der Waals surface area contributed by atoms with Crippen LogP contribution in [0.15, 0.2) is 42.6 Å². The molecule has 0 saturated heterocycles. The maximum atomic E-state index is 12.2. The van der Waals surface area contributed by atoms with Gasteiger partial charge in [0.2, 0.25) is 0 Å². The van der Waals surface area contributed by atoms with Gasteiger partial charge in [-0.3, -0.25) is 9.78 Å². The summed E-state index contributed by atoms with van der Waals surface area (Å²) in [5.41, 5.74) is 9.11. The summed E-state index contributed by atoms with van der Waals surface area (Å²) in [4.78, 5) is 16.3. The van der Waals surface area contributed by atoms with Crippen molar-refractivity contribution in [3.63, 3.8) is 0 Å². The Morgan fingerprint density at radius 2 is 2.10 bits per heavy atom. The van der Waals surface area contributed by atoms with E-state index >= 15 is 0 Å². The predicted molar refractivity (Wildman–Crippen MR) is 79.2 cm³/mol. The first-order valence-electron chi connectivity index (χ1n) is 6.63. The Morgan fingerprint density at radius 1 is 1.35 bits per heavy atom. The lowest BCUT2D eigenvalue weighted by Gasteiger charge is -2.16. The van der Waals surface area contributed by atoms with E-state index in [2.05, 4.69) is 10.3 Å². The highest BCUT2D eigenvalue weighted by Crippen LogP contribution is 2.17. The topological polar surface area (TPSA) is 68.0 Å². The first kappa shape index (κ1) is 14.2. The van der Waals surface area contributed by atoms with Gasteiger partial charge in [-0.2, -0.15) is 0 Å². The molecule has 1 aromatic heterocycles. The van der Waals surface area contributed by atoms with E-state index in [0.29, 0.717) is 17.8 Å². The van der Waals surface area contributed by atoms with Crippen molar-refractivity contribution in [1.82, 2.24) is 10.3 Å². The molecular weight excluding hydrogens is 250 g/mol. The third-order valence-corrected chi connectivity index (χ3v) is 3.29. The van der Waals surface area contributed by atoms with Gasteiger partial charge in [0, 0.05) is 18.3 Å². The third-order valence-electron chi connectivity index (χ3n) is 3.29. The molecule has 4 nitrogen and oxygen atoms in total. The van der Waals surface area contributed by atoms with Crippen molar-refractivity contribution in [3.8, 4) is 0 Å². The van der Waals surface area contributed by atoms with Crippen molar-refractivity contribution in [2.75, 3.05) is 0 Å². The van der Waals surface area contributed by atoms with Gasteiger partial charge in [0.05, 0.1) is 11.7 Å². The Morgan fingerprint density at radius 3 is 2.80 bits per heavy atom. The summed E-state index contributed by atoms with van der Waals surface area (Å²) < 4.78 is 0. The van der Waals surface area contributed by atoms with Crippen LogP contribution in [0.2, 0.25) is 0 Å². The lowest BCUT2D eigenvalue weighted by molar-refractivity contribution is 0.0939. The molecule has 0 spiro atoms. The van der Waals surface area contributed by atoms with Crippen LogP contribution in [0.25, 0.3) is 0 Å². The van der Waals surface area contributed by atoms with Crippen molar-refractivity contribution in [3.05, 3.63) is 65.0 Å². The van der Waals surface area contributed by atoms with Crippen molar-refractivity contribution in [2.24, 2.45) is 5.73 Å². The van der Waals surface area contributed by atoms with Crippen LogP contribution < -0.4 is 11.1 Å². The molecule has 0 aliphatic rings. The molecule has 0 radical (unpaired) electrons. The second kappa shape index (κ2) is 6.30.